The van der Waals surface area contributed by atoms with Crippen LogP contribution in [0.15, 0.2) is 36.4 Å². The monoisotopic (exact) mass is 454 g/mol. The maximum Gasteiger partial charge on any atom is 0.422 e. The summed E-state index contributed by atoms with van der Waals surface area (Å²) in [5.74, 6) is 0.768. The Morgan fingerprint density at radius 3 is 2.47 bits per heavy atom. The first-order chi connectivity index (χ1) is 15.1. The van der Waals surface area contributed by atoms with Crippen LogP contribution < -0.4 is 18.9 Å². The van der Waals surface area contributed by atoms with E-state index in [2.05, 4.69) is 0 Å². The van der Waals surface area contributed by atoms with Crippen LogP contribution >= 0.6 is 0 Å². The van der Waals surface area contributed by atoms with Crippen molar-refractivity contribution in [1.29, 1.82) is 0 Å². The number of carboxylic acid groups (broad SMARTS) is 1. The van der Waals surface area contributed by atoms with Crippen LogP contribution in [-0.2, 0) is 11.2 Å². The van der Waals surface area contributed by atoms with E-state index in [0.717, 1.165) is 5.56 Å². The minimum atomic E-state index is -4.39. The van der Waals surface area contributed by atoms with Gasteiger partial charge < -0.3 is 24.1 Å². The van der Waals surface area contributed by atoms with Crippen LogP contribution in [-0.4, -0.2) is 42.7 Å². The zero-order valence-corrected chi connectivity index (χ0v) is 17.8. The van der Waals surface area contributed by atoms with E-state index in [1.54, 1.807) is 26.0 Å². The molecule has 32 heavy (non-hydrogen) atoms. The zero-order valence-electron chi connectivity index (χ0n) is 17.8. The van der Waals surface area contributed by atoms with E-state index in [1.165, 1.54) is 12.1 Å². The molecule has 174 valence electrons. The molecule has 0 fully saturated rings. The highest BCUT2D eigenvalue weighted by molar-refractivity contribution is 5.78. The van der Waals surface area contributed by atoms with Gasteiger partial charge in [-0.15, -0.1) is 0 Å². The van der Waals surface area contributed by atoms with Gasteiger partial charge in [0.15, 0.2) is 6.61 Å². The summed E-state index contributed by atoms with van der Waals surface area (Å²) in [5, 5.41) is 9.36. The second-order valence-corrected chi connectivity index (χ2v) is 7.79. The minimum Gasteiger partial charge on any atom is -0.493 e. The third-order valence-corrected chi connectivity index (χ3v) is 5.06. The molecular formula is C23H25F3O6. The molecule has 9 heteroatoms. The van der Waals surface area contributed by atoms with Gasteiger partial charge in [0.05, 0.1) is 13.2 Å². The molecule has 0 aromatic heterocycles. The van der Waals surface area contributed by atoms with Crippen LogP contribution in [0.1, 0.15) is 30.9 Å². The van der Waals surface area contributed by atoms with Gasteiger partial charge in [0.25, 0.3) is 0 Å². The van der Waals surface area contributed by atoms with Gasteiger partial charge in [-0.3, -0.25) is 0 Å². The number of hydrogen-bond acceptors (Lipinski definition) is 5. The van der Waals surface area contributed by atoms with Crippen LogP contribution in [0.3, 0.4) is 0 Å². The Labute approximate surface area is 183 Å². The molecule has 0 saturated carbocycles. The zero-order chi connectivity index (χ0) is 23.4. The molecule has 1 aliphatic rings. The first kappa shape index (κ1) is 23.6. The largest absolute Gasteiger partial charge is 0.493 e. The average molecular weight is 454 g/mol. The van der Waals surface area contributed by atoms with Gasteiger partial charge in [0, 0.05) is 18.9 Å². The first-order valence-corrected chi connectivity index (χ1v) is 10.2. The molecule has 0 amide bonds. The number of alkyl halides is 3. The van der Waals surface area contributed by atoms with Gasteiger partial charge in [-0.2, -0.15) is 13.2 Å². The van der Waals surface area contributed by atoms with E-state index in [0.29, 0.717) is 55.3 Å². The summed E-state index contributed by atoms with van der Waals surface area (Å²) >= 11 is 0. The van der Waals surface area contributed by atoms with Gasteiger partial charge in [-0.25, -0.2) is 4.79 Å². The number of carbonyl (C=O) groups is 1. The van der Waals surface area contributed by atoms with Crippen LogP contribution in [0.4, 0.5) is 13.2 Å². The second kappa shape index (κ2) is 9.58. The van der Waals surface area contributed by atoms with E-state index in [-0.39, 0.29) is 5.75 Å². The molecule has 1 aliphatic heterocycles. The number of benzene rings is 2. The molecule has 2 aromatic rings. The van der Waals surface area contributed by atoms with E-state index < -0.39 is 24.4 Å². The van der Waals surface area contributed by atoms with Crippen LogP contribution in [0, 0.1) is 6.92 Å². The Morgan fingerprint density at radius 2 is 1.78 bits per heavy atom. The summed E-state index contributed by atoms with van der Waals surface area (Å²) < 4.78 is 58.5. The van der Waals surface area contributed by atoms with Crippen molar-refractivity contribution in [2.24, 2.45) is 0 Å². The second-order valence-electron chi connectivity index (χ2n) is 7.79. The van der Waals surface area contributed by atoms with Crippen molar-refractivity contribution in [3.05, 3.63) is 47.5 Å². The standard InChI is InChI=1S/C23H25F3O6/c1-15-12-17(31-14-23(24,25)26)6-7-19(15)30-11-3-10-29-18-5-4-16-8-9-22(2,21(27)28)32-20(16)13-18/h4-7,12-13H,3,8-11,14H2,1-2H3,(H,27,28)/t22-/m1/s1. The Bertz CT molecular complexity index is 959. The van der Waals surface area contributed by atoms with Crippen molar-refractivity contribution in [3.8, 4) is 23.0 Å². The molecule has 1 N–H and O–H groups in total. The van der Waals surface area contributed by atoms with Crippen LogP contribution in [0.25, 0.3) is 0 Å². The van der Waals surface area contributed by atoms with Gasteiger partial charge in [0.2, 0.25) is 5.60 Å². The number of rotatable bonds is 9. The lowest BCUT2D eigenvalue weighted by molar-refractivity contribution is -0.155. The van der Waals surface area contributed by atoms with E-state index >= 15 is 0 Å². The lowest BCUT2D eigenvalue weighted by atomic mass is 9.93. The van der Waals surface area contributed by atoms with Crippen LogP contribution in [0.2, 0.25) is 0 Å². The quantitative estimate of drug-likeness (QED) is 0.541. The summed E-state index contributed by atoms with van der Waals surface area (Å²) in [6, 6.07) is 9.88. The lowest BCUT2D eigenvalue weighted by Crippen LogP contribution is -2.44. The molecule has 0 saturated heterocycles. The summed E-state index contributed by atoms with van der Waals surface area (Å²) in [7, 11) is 0. The molecule has 0 spiro atoms. The molecular weight excluding hydrogens is 429 g/mol. The van der Waals surface area contributed by atoms with Crippen molar-refractivity contribution < 1.29 is 42.0 Å². The normalized spacial score (nSPS) is 17.8. The number of fused-ring (bicyclic) bond motifs is 1. The molecule has 3 rings (SSSR count). The van der Waals surface area contributed by atoms with Crippen molar-refractivity contribution in [2.75, 3.05) is 19.8 Å². The van der Waals surface area contributed by atoms with E-state index in [4.69, 9.17) is 18.9 Å². The van der Waals surface area contributed by atoms with Gasteiger partial charge in [0.1, 0.15) is 23.0 Å². The predicted molar refractivity (Wildman–Crippen MR) is 110 cm³/mol. The number of aliphatic carboxylic acids is 1. The summed E-state index contributed by atoms with van der Waals surface area (Å²) in [6.07, 6.45) is -2.80. The maximum absolute atomic E-state index is 12.2. The topological polar surface area (TPSA) is 74.2 Å². The van der Waals surface area contributed by atoms with Gasteiger partial charge >= 0.3 is 12.1 Å². The predicted octanol–water partition coefficient (Wildman–Crippen LogP) is 4.95. The molecule has 0 radical (unpaired) electrons. The van der Waals surface area contributed by atoms with Crippen molar-refractivity contribution >= 4 is 5.97 Å². The number of aryl methyl sites for hydroxylation is 2. The fraction of sp³-hybridized carbons (Fsp3) is 0.435. The highest BCUT2D eigenvalue weighted by atomic mass is 19.4. The SMILES string of the molecule is Cc1cc(OCC(F)(F)F)ccc1OCCCOc1ccc2c(c1)O[C@@](C)(C(=O)O)CC2. The van der Waals surface area contributed by atoms with Crippen molar-refractivity contribution in [2.45, 2.75) is 44.9 Å². The van der Waals surface area contributed by atoms with E-state index in [1.807, 2.05) is 12.1 Å². The maximum atomic E-state index is 12.2. The third-order valence-electron chi connectivity index (χ3n) is 5.06. The summed E-state index contributed by atoms with van der Waals surface area (Å²) in [4.78, 5) is 11.4. The fourth-order valence-electron chi connectivity index (χ4n) is 3.21. The summed E-state index contributed by atoms with van der Waals surface area (Å²) in [6.45, 7) is 2.65. The van der Waals surface area contributed by atoms with Gasteiger partial charge in [-0.05, 0) is 55.7 Å². The Balaban J connectivity index is 1.45. The first-order valence-electron chi connectivity index (χ1n) is 10.2. The summed E-state index contributed by atoms with van der Waals surface area (Å²) in [5.41, 5.74) is 0.362. The molecule has 1 atom stereocenters. The third kappa shape index (κ3) is 6.21. The molecule has 1 heterocycles. The Kier molecular flexibility index (Phi) is 7.06. The number of ether oxygens (including phenoxy) is 4. The van der Waals surface area contributed by atoms with E-state index in [9.17, 15) is 23.1 Å². The molecule has 0 aliphatic carbocycles. The highest BCUT2D eigenvalue weighted by Gasteiger charge is 2.39. The molecule has 0 bridgehead atoms. The highest BCUT2D eigenvalue weighted by Crippen LogP contribution is 2.36. The fourth-order valence-corrected chi connectivity index (χ4v) is 3.21. The molecule has 6 nitrogen and oxygen atoms in total. The lowest BCUT2D eigenvalue weighted by Gasteiger charge is -2.32. The smallest absolute Gasteiger partial charge is 0.422 e. The van der Waals surface area contributed by atoms with Crippen molar-refractivity contribution in [1.82, 2.24) is 0 Å². The Hall–Kier alpha value is -3.10. The molecule has 0 unspecified atom stereocenters. The number of hydrogen-bond donors (Lipinski definition) is 1. The van der Waals surface area contributed by atoms with Crippen LogP contribution in [0.5, 0.6) is 23.0 Å². The number of carboxylic acids is 1. The average Bonchev–Trinajstić information content (AvgIpc) is 2.72. The van der Waals surface area contributed by atoms with Gasteiger partial charge in [-0.1, -0.05) is 6.07 Å². The Morgan fingerprint density at radius 1 is 1.09 bits per heavy atom. The molecule has 2 aromatic carbocycles. The minimum absolute atomic E-state index is 0.129. The van der Waals surface area contributed by atoms with Crippen molar-refractivity contribution in [3.63, 3.8) is 0 Å². The number of halogens is 3.